The zero-order valence-corrected chi connectivity index (χ0v) is 11.0. The number of rotatable bonds is 4. The van der Waals surface area contributed by atoms with E-state index in [1.54, 1.807) is 24.3 Å². The highest BCUT2D eigenvalue weighted by Gasteiger charge is 2.28. The minimum atomic E-state index is -1.32. The van der Waals surface area contributed by atoms with Gasteiger partial charge < -0.3 is 16.0 Å². The van der Waals surface area contributed by atoms with Crippen LogP contribution in [0.4, 0.5) is 4.79 Å². The smallest absolute Gasteiger partial charge is 0.405 e. The van der Waals surface area contributed by atoms with Crippen molar-refractivity contribution >= 4 is 33.5 Å². The number of hydrogen-bond acceptors (Lipinski definition) is 2. The Labute approximate surface area is 111 Å². The number of benzene rings is 1. The van der Waals surface area contributed by atoms with E-state index in [-0.39, 0.29) is 5.71 Å². The van der Waals surface area contributed by atoms with Gasteiger partial charge in [-0.3, -0.25) is 4.79 Å². The molecule has 0 saturated carbocycles. The summed E-state index contributed by atoms with van der Waals surface area (Å²) in [5.41, 5.74) is 9.10. The molecule has 0 heterocycles. The number of ketones is 1. The number of Topliss-reactive ketones (excluding diaryl/α,β-unsaturated/α-hetero) is 1. The van der Waals surface area contributed by atoms with Gasteiger partial charge in [0.05, 0.1) is 5.56 Å². The van der Waals surface area contributed by atoms with Gasteiger partial charge in [-0.1, -0.05) is 15.9 Å². The van der Waals surface area contributed by atoms with Crippen LogP contribution in [0.2, 0.25) is 0 Å². The van der Waals surface area contributed by atoms with Crippen molar-refractivity contribution in [3.05, 3.63) is 39.8 Å². The number of nitrogens with zero attached hydrogens (tertiary/aromatic N) is 2. The Balaban J connectivity index is 2.98. The van der Waals surface area contributed by atoms with E-state index >= 15 is 0 Å². The molecule has 1 atom stereocenters. The molecule has 1 aromatic carbocycles. The molecule has 0 aliphatic rings. The van der Waals surface area contributed by atoms with Crippen molar-refractivity contribution < 1.29 is 19.5 Å². The van der Waals surface area contributed by atoms with Crippen LogP contribution in [0, 0.1) is 0 Å². The first-order valence-corrected chi connectivity index (χ1v) is 5.76. The first-order chi connectivity index (χ1) is 8.45. The molecule has 0 spiro atoms. The first-order valence-electron chi connectivity index (χ1n) is 4.97. The van der Waals surface area contributed by atoms with Crippen LogP contribution in [0.15, 0.2) is 28.7 Å². The molecule has 2 N–H and O–H groups in total. The van der Waals surface area contributed by atoms with Crippen molar-refractivity contribution in [1.82, 2.24) is 5.32 Å². The predicted octanol–water partition coefficient (Wildman–Crippen LogP) is 1.69. The molecule has 1 rings (SSSR count). The molecule has 0 saturated heterocycles. The number of carboxylic acid groups (broad SMARTS) is 1. The SMILES string of the molecule is CC(NC(=O)O)C(=O)C(=[N+]=[N-])c1ccc(Br)cc1. The van der Waals surface area contributed by atoms with Gasteiger partial charge in [-0.05, 0) is 31.2 Å². The molecule has 6 nitrogen and oxygen atoms in total. The zero-order chi connectivity index (χ0) is 13.7. The highest BCUT2D eigenvalue weighted by Crippen LogP contribution is 2.11. The average Bonchev–Trinajstić information content (AvgIpc) is 2.31. The Morgan fingerprint density at radius 3 is 2.39 bits per heavy atom. The number of hydrogen-bond donors (Lipinski definition) is 2. The number of carbonyl (C=O) groups is 2. The summed E-state index contributed by atoms with van der Waals surface area (Å²) in [5, 5.41) is 10.5. The lowest BCUT2D eigenvalue weighted by Crippen LogP contribution is -2.41. The van der Waals surface area contributed by atoms with Crippen molar-refractivity contribution in [3.8, 4) is 0 Å². The normalized spacial score (nSPS) is 11.2. The first kappa shape index (κ1) is 14.1. The van der Waals surface area contributed by atoms with Crippen LogP contribution >= 0.6 is 15.9 Å². The molecule has 0 aromatic heterocycles. The zero-order valence-electron chi connectivity index (χ0n) is 9.42. The molecule has 0 aliphatic heterocycles. The lowest BCUT2D eigenvalue weighted by atomic mass is 10.0. The van der Waals surface area contributed by atoms with Crippen LogP contribution in [0.25, 0.3) is 5.53 Å². The molecule has 94 valence electrons. The fourth-order valence-electron chi connectivity index (χ4n) is 1.31. The van der Waals surface area contributed by atoms with Crippen molar-refractivity contribution in [1.29, 1.82) is 0 Å². The molecule has 1 unspecified atom stereocenters. The van der Waals surface area contributed by atoms with E-state index in [0.29, 0.717) is 5.56 Å². The number of halogens is 1. The second kappa shape index (κ2) is 6.09. The molecular formula is C11H10BrN3O3. The lowest BCUT2D eigenvalue weighted by Gasteiger charge is -2.06. The van der Waals surface area contributed by atoms with Crippen LogP contribution in [0.5, 0.6) is 0 Å². The van der Waals surface area contributed by atoms with E-state index in [4.69, 9.17) is 10.6 Å². The van der Waals surface area contributed by atoms with Crippen molar-refractivity contribution in [2.75, 3.05) is 0 Å². The van der Waals surface area contributed by atoms with Crippen LogP contribution < -0.4 is 5.32 Å². The maximum Gasteiger partial charge on any atom is 0.405 e. The standard InChI is InChI=1S/C11H10BrN3O3/c1-6(14-11(17)18)10(16)9(15-13)7-2-4-8(12)5-3-7/h2-6,14H,1H3,(H,17,18). The van der Waals surface area contributed by atoms with Gasteiger partial charge in [-0.25, -0.2) is 4.79 Å². The molecule has 0 aliphatic carbocycles. The lowest BCUT2D eigenvalue weighted by molar-refractivity contribution is -0.118. The summed E-state index contributed by atoms with van der Waals surface area (Å²) < 4.78 is 0.813. The summed E-state index contributed by atoms with van der Waals surface area (Å²) in [6, 6.07) is 5.55. The Morgan fingerprint density at radius 1 is 1.39 bits per heavy atom. The minimum absolute atomic E-state index is 0.191. The van der Waals surface area contributed by atoms with Gasteiger partial charge in [0.2, 0.25) is 0 Å². The monoisotopic (exact) mass is 311 g/mol. The summed E-state index contributed by atoms with van der Waals surface area (Å²) in [4.78, 5) is 25.2. The Bertz CT molecular complexity index is 521. The molecule has 0 bridgehead atoms. The highest BCUT2D eigenvalue weighted by atomic mass is 79.9. The van der Waals surface area contributed by atoms with Gasteiger partial charge in [0.15, 0.2) is 0 Å². The van der Waals surface area contributed by atoms with E-state index in [1.165, 1.54) is 6.92 Å². The van der Waals surface area contributed by atoms with E-state index < -0.39 is 17.9 Å². The maximum absolute atomic E-state index is 11.9. The Morgan fingerprint density at radius 2 is 1.94 bits per heavy atom. The highest BCUT2D eigenvalue weighted by molar-refractivity contribution is 9.10. The third-order valence-corrected chi connectivity index (χ3v) is 2.71. The largest absolute Gasteiger partial charge is 0.465 e. The summed E-state index contributed by atoms with van der Waals surface area (Å²) in [5.74, 6) is -0.609. The summed E-state index contributed by atoms with van der Waals surface area (Å²) in [6.45, 7) is 1.38. The topological polar surface area (TPSA) is 103 Å². The van der Waals surface area contributed by atoms with Gasteiger partial charge in [0, 0.05) is 4.47 Å². The van der Waals surface area contributed by atoms with Gasteiger partial charge in [-0.2, -0.15) is 4.79 Å². The summed E-state index contributed by atoms with van der Waals surface area (Å²) >= 11 is 3.24. The Hall–Kier alpha value is -1.98. The van der Waals surface area contributed by atoms with E-state index in [9.17, 15) is 9.59 Å². The second-order valence-electron chi connectivity index (χ2n) is 3.49. The summed E-state index contributed by atoms with van der Waals surface area (Å²) in [6.07, 6.45) is -1.32. The number of carbonyl (C=O) groups excluding carboxylic acids is 1. The van der Waals surface area contributed by atoms with Gasteiger partial charge in [0.25, 0.3) is 5.78 Å². The predicted molar refractivity (Wildman–Crippen MR) is 67.5 cm³/mol. The maximum atomic E-state index is 11.9. The molecular weight excluding hydrogens is 302 g/mol. The van der Waals surface area contributed by atoms with Crippen molar-refractivity contribution in [3.63, 3.8) is 0 Å². The fourth-order valence-corrected chi connectivity index (χ4v) is 1.58. The summed E-state index contributed by atoms with van der Waals surface area (Å²) in [7, 11) is 0. The van der Waals surface area contributed by atoms with E-state index in [0.717, 1.165) is 4.47 Å². The van der Waals surface area contributed by atoms with Crippen molar-refractivity contribution in [2.24, 2.45) is 0 Å². The molecule has 7 heteroatoms. The van der Waals surface area contributed by atoms with Gasteiger partial charge in [-0.15, -0.1) is 0 Å². The third kappa shape index (κ3) is 3.51. The van der Waals surface area contributed by atoms with Gasteiger partial charge in [0.1, 0.15) is 6.04 Å². The second-order valence-corrected chi connectivity index (χ2v) is 4.41. The molecule has 0 fully saturated rings. The van der Waals surface area contributed by atoms with Crippen LogP contribution in [0.1, 0.15) is 12.5 Å². The third-order valence-electron chi connectivity index (χ3n) is 2.18. The van der Waals surface area contributed by atoms with Crippen LogP contribution in [-0.2, 0) is 4.79 Å². The number of amides is 1. The molecule has 18 heavy (non-hydrogen) atoms. The van der Waals surface area contributed by atoms with E-state index in [2.05, 4.69) is 20.7 Å². The molecule has 1 aromatic rings. The average molecular weight is 312 g/mol. The fraction of sp³-hybridized carbons (Fsp3) is 0.182. The van der Waals surface area contributed by atoms with Crippen molar-refractivity contribution in [2.45, 2.75) is 13.0 Å². The number of nitrogens with one attached hydrogen (secondary N) is 1. The Kier molecular flexibility index (Phi) is 4.76. The molecule has 1 amide bonds. The van der Waals surface area contributed by atoms with Crippen LogP contribution in [0.3, 0.4) is 0 Å². The minimum Gasteiger partial charge on any atom is -0.465 e. The van der Waals surface area contributed by atoms with E-state index in [1.807, 2.05) is 5.32 Å². The molecule has 0 radical (unpaired) electrons. The van der Waals surface area contributed by atoms with Crippen LogP contribution in [-0.4, -0.2) is 33.5 Å². The quantitative estimate of drug-likeness (QED) is 0.502. The van der Waals surface area contributed by atoms with Gasteiger partial charge >= 0.3 is 11.8 Å².